The standard InChI is InChI=1S/C14H14N4O/c1-11-4-5-13(16-8-11)17-14(19)7-12-3-2-6-18(9-12)10-15/h2-6,8H,7,9H2,1H3,(H,16,17,19). The average molecular weight is 254 g/mol. The van der Waals surface area contributed by atoms with Crippen LogP contribution in [0.3, 0.4) is 0 Å². The van der Waals surface area contributed by atoms with Crippen molar-refractivity contribution in [1.82, 2.24) is 9.88 Å². The topological polar surface area (TPSA) is 69.0 Å². The summed E-state index contributed by atoms with van der Waals surface area (Å²) in [7, 11) is 0. The van der Waals surface area contributed by atoms with Crippen LogP contribution in [0.4, 0.5) is 5.82 Å². The highest BCUT2D eigenvalue weighted by Crippen LogP contribution is 2.12. The predicted octanol–water partition coefficient (Wildman–Crippen LogP) is 1.96. The van der Waals surface area contributed by atoms with E-state index >= 15 is 0 Å². The number of aryl methyl sites for hydroxylation is 1. The fourth-order valence-corrected chi connectivity index (χ4v) is 1.73. The summed E-state index contributed by atoms with van der Waals surface area (Å²) < 4.78 is 0. The Kier molecular flexibility index (Phi) is 3.94. The monoisotopic (exact) mass is 254 g/mol. The molecule has 0 saturated heterocycles. The van der Waals surface area contributed by atoms with Crippen LogP contribution in [0.1, 0.15) is 12.0 Å². The maximum Gasteiger partial charge on any atom is 0.229 e. The zero-order chi connectivity index (χ0) is 13.7. The van der Waals surface area contributed by atoms with E-state index in [1.807, 2.05) is 25.3 Å². The summed E-state index contributed by atoms with van der Waals surface area (Å²) in [5, 5.41) is 11.5. The molecule has 0 radical (unpaired) electrons. The van der Waals surface area contributed by atoms with Gasteiger partial charge in [0, 0.05) is 12.4 Å². The molecule has 0 atom stereocenters. The molecule has 19 heavy (non-hydrogen) atoms. The van der Waals surface area contributed by atoms with Crippen LogP contribution >= 0.6 is 0 Å². The fraction of sp³-hybridized carbons (Fsp3) is 0.214. The Morgan fingerprint density at radius 2 is 2.42 bits per heavy atom. The van der Waals surface area contributed by atoms with E-state index in [9.17, 15) is 4.79 Å². The predicted molar refractivity (Wildman–Crippen MR) is 71.8 cm³/mol. The molecule has 1 amide bonds. The molecule has 2 heterocycles. The molecular weight excluding hydrogens is 240 g/mol. The molecule has 1 N–H and O–H groups in total. The van der Waals surface area contributed by atoms with Crippen LogP contribution in [-0.2, 0) is 4.79 Å². The number of hydrogen-bond acceptors (Lipinski definition) is 4. The molecule has 0 bridgehead atoms. The van der Waals surface area contributed by atoms with Crippen molar-refractivity contribution in [3.8, 4) is 6.19 Å². The number of pyridine rings is 1. The Morgan fingerprint density at radius 3 is 3.11 bits per heavy atom. The zero-order valence-electron chi connectivity index (χ0n) is 10.6. The second-order valence-corrected chi connectivity index (χ2v) is 4.34. The molecule has 1 aliphatic heterocycles. The first kappa shape index (κ1) is 12.8. The van der Waals surface area contributed by atoms with Gasteiger partial charge in [0.15, 0.2) is 6.19 Å². The van der Waals surface area contributed by atoms with Crippen LogP contribution in [0, 0.1) is 18.4 Å². The highest BCUT2D eigenvalue weighted by atomic mass is 16.1. The highest BCUT2D eigenvalue weighted by molar-refractivity contribution is 5.91. The largest absolute Gasteiger partial charge is 0.310 e. The quantitative estimate of drug-likeness (QED) is 0.837. The minimum atomic E-state index is -0.129. The smallest absolute Gasteiger partial charge is 0.229 e. The Bertz CT molecular complexity index is 566. The Hall–Kier alpha value is -2.61. The summed E-state index contributed by atoms with van der Waals surface area (Å²) in [6, 6.07) is 3.66. The number of nitriles is 1. The fourth-order valence-electron chi connectivity index (χ4n) is 1.73. The number of allylic oxidation sites excluding steroid dienone is 2. The van der Waals surface area contributed by atoms with Gasteiger partial charge in [-0.25, -0.2) is 4.98 Å². The van der Waals surface area contributed by atoms with Crippen LogP contribution in [0.25, 0.3) is 0 Å². The van der Waals surface area contributed by atoms with Crippen molar-refractivity contribution in [2.75, 3.05) is 11.9 Å². The summed E-state index contributed by atoms with van der Waals surface area (Å²) in [5.41, 5.74) is 1.94. The molecule has 1 aromatic heterocycles. The molecule has 5 heteroatoms. The summed E-state index contributed by atoms with van der Waals surface area (Å²) in [6.45, 7) is 2.40. The van der Waals surface area contributed by atoms with Crippen LogP contribution in [-0.4, -0.2) is 22.3 Å². The van der Waals surface area contributed by atoms with Crippen molar-refractivity contribution in [1.29, 1.82) is 5.26 Å². The number of anilines is 1. The van der Waals surface area contributed by atoms with Crippen LogP contribution in [0.15, 0.2) is 42.3 Å². The maximum absolute atomic E-state index is 11.8. The van der Waals surface area contributed by atoms with E-state index in [1.165, 1.54) is 4.90 Å². The maximum atomic E-state index is 11.8. The number of rotatable bonds is 3. The minimum Gasteiger partial charge on any atom is -0.310 e. The Balaban J connectivity index is 1.92. The van der Waals surface area contributed by atoms with Crippen molar-refractivity contribution < 1.29 is 4.79 Å². The number of nitrogens with zero attached hydrogens (tertiary/aromatic N) is 3. The SMILES string of the molecule is Cc1ccc(NC(=O)CC2=CC=CN(C#N)C2)nc1. The van der Waals surface area contributed by atoms with Gasteiger partial charge >= 0.3 is 0 Å². The Labute approximate surface area is 111 Å². The molecule has 0 aliphatic carbocycles. The molecule has 0 spiro atoms. The molecule has 0 unspecified atom stereocenters. The van der Waals surface area contributed by atoms with Gasteiger partial charge < -0.3 is 5.32 Å². The van der Waals surface area contributed by atoms with Gasteiger partial charge in [-0.15, -0.1) is 0 Å². The van der Waals surface area contributed by atoms with Gasteiger partial charge in [-0.1, -0.05) is 12.1 Å². The number of amides is 1. The summed E-state index contributed by atoms with van der Waals surface area (Å²) in [6.07, 6.45) is 9.29. The number of aromatic nitrogens is 1. The molecular formula is C14H14N4O. The van der Waals surface area contributed by atoms with Crippen molar-refractivity contribution >= 4 is 11.7 Å². The van der Waals surface area contributed by atoms with Crippen molar-refractivity contribution in [3.63, 3.8) is 0 Å². The normalized spacial score (nSPS) is 13.7. The highest BCUT2D eigenvalue weighted by Gasteiger charge is 2.11. The number of carbonyl (C=O) groups is 1. The van der Waals surface area contributed by atoms with Crippen molar-refractivity contribution in [2.24, 2.45) is 0 Å². The first-order valence-electron chi connectivity index (χ1n) is 5.92. The van der Waals surface area contributed by atoms with E-state index in [2.05, 4.69) is 10.3 Å². The summed E-state index contributed by atoms with van der Waals surface area (Å²) in [4.78, 5) is 17.4. The van der Waals surface area contributed by atoms with Crippen LogP contribution < -0.4 is 5.32 Å². The Morgan fingerprint density at radius 1 is 1.58 bits per heavy atom. The van der Waals surface area contributed by atoms with E-state index in [-0.39, 0.29) is 12.3 Å². The lowest BCUT2D eigenvalue weighted by molar-refractivity contribution is -0.115. The van der Waals surface area contributed by atoms with Gasteiger partial charge in [0.2, 0.25) is 5.91 Å². The van der Waals surface area contributed by atoms with Crippen molar-refractivity contribution in [3.05, 3.63) is 47.8 Å². The van der Waals surface area contributed by atoms with Gasteiger partial charge in [-0.05, 0) is 30.2 Å². The number of hydrogen-bond donors (Lipinski definition) is 1. The van der Waals surface area contributed by atoms with Gasteiger partial charge in [0.25, 0.3) is 0 Å². The zero-order valence-corrected chi connectivity index (χ0v) is 10.6. The molecule has 5 nitrogen and oxygen atoms in total. The summed E-state index contributed by atoms with van der Waals surface area (Å²) >= 11 is 0. The van der Waals surface area contributed by atoms with E-state index in [4.69, 9.17) is 5.26 Å². The third kappa shape index (κ3) is 3.68. The molecule has 1 aromatic rings. The first-order valence-corrected chi connectivity index (χ1v) is 5.92. The molecule has 0 fully saturated rings. The minimum absolute atomic E-state index is 0.129. The lowest BCUT2D eigenvalue weighted by atomic mass is 10.1. The third-order valence-electron chi connectivity index (χ3n) is 2.67. The lowest BCUT2D eigenvalue weighted by Gasteiger charge is -2.16. The number of nitrogens with one attached hydrogen (secondary N) is 1. The van der Waals surface area contributed by atoms with Crippen LogP contribution in [0.2, 0.25) is 0 Å². The molecule has 2 rings (SSSR count). The van der Waals surface area contributed by atoms with Gasteiger partial charge in [-0.3, -0.25) is 9.69 Å². The molecule has 0 aromatic carbocycles. The molecule has 1 aliphatic rings. The second-order valence-electron chi connectivity index (χ2n) is 4.34. The van der Waals surface area contributed by atoms with E-state index in [1.54, 1.807) is 24.5 Å². The van der Waals surface area contributed by atoms with Crippen molar-refractivity contribution in [2.45, 2.75) is 13.3 Å². The van der Waals surface area contributed by atoms with E-state index < -0.39 is 0 Å². The van der Waals surface area contributed by atoms with E-state index in [0.717, 1.165) is 11.1 Å². The lowest BCUT2D eigenvalue weighted by Crippen LogP contribution is -2.20. The first-order chi connectivity index (χ1) is 9.17. The van der Waals surface area contributed by atoms with Gasteiger partial charge in [0.05, 0.1) is 13.0 Å². The third-order valence-corrected chi connectivity index (χ3v) is 2.67. The summed E-state index contributed by atoms with van der Waals surface area (Å²) in [5.74, 6) is 0.412. The number of carbonyl (C=O) groups excluding carboxylic acids is 1. The van der Waals surface area contributed by atoms with E-state index in [0.29, 0.717) is 12.4 Å². The second kappa shape index (κ2) is 5.83. The van der Waals surface area contributed by atoms with Gasteiger partial charge in [0.1, 0.15) is 5.82 Å². The molecule has 96 valence electrons. The molecule has 0 saturated carbocycles. The average Bonchev–Trinajstić information content (AvgIpc) is 2.41. The van der Waals surface area contributed by atoms with Crippen LogP contribution in [0.5, 0.6) is 0 Å². The van der Waals surface area contributed by atoms with Gasteiger partial charge in [-0.2, -0.15) is 5.26 Å².